The average molecular weight is 1190 g/mol. The Bertz CT molecular complexity index is 2880. The third-order valence-electron chi connectivity index (χ3n) is 14.5. The Hall–Kier alpha value is -4.23. The number of aryl methyl sites for hydroxylation is 2. The Balaban J connectivity index is 0.000000287. The SMILES string of the molecule is COCn1c(CCCO[Si](C(C)C)(C(C)C)C(C)C)nc(-c2ccc(Cl)cc2)c1-c1ccnc(S(C)(=O)=O)n1.COCn1c(CCCO[Si](C(C)C)(C(C)C)C(C)C)nc(-c2ccc(Cl)cc2)c1-c1ccnc(S(C)(=O)=O)n1. The lowest BCUT2D eigenvalue weighted by molar-refractivity contribution is 0.129. The monoisotopic (exact) mass is 1180 g/mol. The minimum absolute atomic E-state index is 0.229. The molecule has 6 rings (SSSR count). The van der Waals surface area contributed by atoms with Gasteiger partial charge >= 0.3 is 0 Å². The summed E-state index contributed by atoms with van der Waals surface area (Å²) >= 11 is 12.3. The van der Waals surface area contributed by atoms with E-state index < -0.39 is 36.3 Å². The first-order valence-corrected chi connectivity index (χ1v) is 35.5. The fourth-order valence-corrected chi connectivity index (χ4v) is 23.6. The van der Waals surface area contributed by atoms with E-state index >= 15 is 0 Å². The summed E-state index contributed by atoms with van der Waals surface area (Å²) in [5, 5.41) is 0.756. The number of imidazole rings is 2. The number of hydrogen-bond donors (Lipinski definition) is 0. The second-order valence-corrected chi connectivity index (χ2v) is 37.3. The summed E-state index contributed by atoms with van der Waals surface area (Å²) < 4.78 is 77.5. The van der Waals surface area contributed by atoms with Crippen molar-refractivity contribution in [3.63, 3.8) is 0 Å². The summed E-state index contributed by atoms with van der Waals surface area (Å²) in [4.78, 5) is 26.8. The lowest BCUT2D eigenvalue weighted by Crippen LogP contribution is -2.48. The molecule has 0 fully saturated rings. The van der Waals surface area contributed by atoms with Gasteiger partial charge in [0.15, 0.2) is 16.6 Å². The molecule has 6 aromatic rings. The maximum atomic E-state index is 12.2. The van der Waals surface area contributed by atoms with E-state index in [1.54, 1.807) is 50.6 Å². The van der Waals surface area contributed by atoms with Gasteiger partial charge in [-0.25, -0.2) is 46.7 Å². The molecule has 0 saturated heterocycles. The standard InChI is InChI=1S/2C28H41ClN4O4SSi/c2*1-19(2)39(20(3)4,21(5)6)37-17-9-10-25-32-26(22-11-13-23(29)14-12-22)27(33(25)18-36-7)24-15-16-30-28(31-24)38(8,34)35/h2*11-16,19-21H,9-10,17-18H2,1-8H3. The Morgan fingerprint density at radius 3 is 1.06 bits per heavy atom. The Morgan fingerprint density at radius 2 is 0.795 bits per heavy atom. The first-order chi connectivity index (χ1) is 36.6. The molecule has 0 spiro atoms. The summed E-state index contributed by atoms with van der Waals surface area (Å²) in [5.74, 6) is 1.62. The largest absolute Gasteiger partial charge is 0.416 e. The fraction of sp³-hybridized carbons (Fsp3) is 0.536. The maximum absolute atomic E-state index is 12.2. The summed E-state index contributed by atoms with van der Waals surface area (Å²) in [6.07, 6.45) is 8.00. The van der Waals surface area contributed by atoms with E-state index in [0.29, 0.717) is 104 Å². The van der Waals surface area contributed by atoms with Crippen LogP contribution in [0.3, 0.4) is 0 Å². The predicted molar refractivity (Wildman–Crippen MR) is 318 cm³/mol. The van der Waals surface area contributed by atoms with Gasteiger partial charge in [-0.3, -0.25) is 0 Å². The molecule has 0 saturated carbocycles. The molecule has 428 valence electrons. The van der Waals surface area contributed by atoms with Crippen LogP contribution in [0.25, 0.3) is 45.3 Å². The zero-order chi connectivity index (χ0) is 57.9. The molecule has 78 heavy (non-hydrogen) atoms. The van der Waals surface area contributed by atoms with Gasteiger partial charge in [0.25, 0.3) is 0 Å². The van der Waals surface area contributed by atoms with Crippen LogP contribution in [0, 0.1) is 0 Å². The average Bonchev–Trinajstić information content (AvgIpc) is 4.02. The van der Waals surface area contributed by atoms with Crippen LogP contribution in [0.4, 0.5) is 0 Å². The van der Waals surface area contributed by atoms with Gasteiger partial charge in [-0.2, -0.15) is 0 Å². The van der Waals surface area contributed by atoms with Crippen molar-refractivity contribution >= 4 is 59.5 Å². The predicted octanol–water partition coefficient (Wildman–Crippen LogP) is 13.6. The second kappa shape index (κ2) is 28.0. The lowest BCUT2D eigenvalue weighted by atomic mass is 10.1. The maximum Gasteiger partial charge on any atom is 0.247 e. The molecule has 4 aromatic heterocycles. The summed E-state index contributed by atoms with van der Waals surface area (Å²) in [7, 11) is -7.91. The molecule has 22 heteroatoms. The molecule has 0 amide bonds. The Kier molecular flexibility index (Phi) is 23.2. The van der Waals surface area contributed by atoms with E-state index in [-0.39, 0.29) is 23.8 Å². The number of ether oxygens (including phenoxy) is 2. The lowest BCUT2D eigenvalue weighted by Gasteiger charge is -2.42. The van der Waals surface area contributed by atoms with Crippen LogP contribution in [0.2, 0.25) is 43.3 Å². The van der Waals surface area contributed by atoms with Gasteiger partial charge in [-0.1, -0.05) is 131 Å². The molecule has 0 aliphatic rings. The van der Waals surface area contributed by atoms with Crippen LogP contribution in [-0.4, -0.2) is 112 Å². The number of rotatable bonds is 26. The van der Waals surface area contributed by atoms with Gasteiger partial charge in [-0.05, 0) is 82.5 Å². The Labute approximate surface area is 476 Å². The number of nitrogens with zero attached hydrogens (tertiary/aromatic N) is 8. The molecule has 0 unspecified atom stereocenters. The minimum atomic E-state index is -3.60. The van der Waals surface area contributed by atoms with Gasteiger partial charge in [0.05, 0.1) is 34.2 Å². The number of aromatic nitrogens is 8. The van der Waals surface area contributed by atoms with Crippen LogP contribution < -0.4 is 0 Å². The van der Waals surface area contributed by atoms with Crippen LogP contribution in [-0.2, 0) is 64.3 Å². The van der Waals surface area contributed by atoms with Crippen molar-refractivity contribution in [3.05, 3.63) is 94.8 Å². The van der Waals surface area contributed by atoms with Gasteiger partial charge in [0.1, 0.15) is 25.1 Å². The molecule has 0 N–H and O–H groups in total. The van der Waals surface area contributed by atoms with E-state index in [4.69, 9.17) is 51.5 Å². The third kappa shape index (κ3) is 15.2. The van der Waals surface area contributed by atoms with Gasteiger partial charge in [0, 0.05) is 86.4 Å². The van der Waals surface area contributed by atoms with Crippen molar-refractivity contribution in [1.29, 1.82) is 0 Å². The van der Waals surface area contributed by atoms with Crippen molar-refractivity contribution in [2.45, 2.75) is 166 Å². The fourth-order valence-electron chi connectivity index (χ4n) is 11.3. The summed E-state index contributed by atoms with van der Waals surface area (Å²) in [6.45, 7) is 29.2. The van der Waals surface area contributed by atoms with E-state index in [1.807, 2.05) is 33.4 Å². The zero-order valence-electron chi connectivity index (χ0n) is 48.5. The summed E-state index contributed by atoms with van der Waals surface area (Å²) in [5.41, 5.74) is 8.33. The number of halogens is 2. The van der Waals surface area contributed by atoms with Crippen molar-refractivity contribution in [2.24, 2.45) is 0 Å². The van der Waals surface area contributed by atoms with Crippen molar-refractivity contribution in [3.8, 4) is 45.3 Å². The highest BCUT2D eigenvalue weighted by atomic mass is 35.5. The minimum Gasteiger partial charge on any atom is -0.416 e. The normalized spacial score (nSPS) is 12.7. The van der Waals surface area contributed by atoms with E-state index in [9.17, 15) is 16.8 Å². The molecular formula is C56H82Cl2N8O8S2Si2. The number of benzene rings is 2. The first-order valence-electron chi connectivity index (χ1n) is 26.7. The molecule has 0 atom stereocenters. The van der Waals surface area contributed by atoms with E-state index in [2.05, 4.69) is 103 Å². The van der Waals surface area contributed by atoms with Crippen molar-refractivity contribution in [2.75, 3.05) is 39.9 Å². The van der Waals surface area contributed by atoms with Crippen LogP contribution in [0.15, 0.2) is 83.4 Å². The van der Waals surface area contributed by atoms with Crippen molar-refractivity contribution < 1.29 is 35.2 Å². The molecule has 2 aromatic carbocycles. The van der Waals surface area contributed by atoms with Crippen molar-refractivity contribution in [1.82, 2.24) is 39.0 Å². The molecular weight excluding hydrogens is 1100 g/mol. The quantitative estimate of drug-likeness (QED) is 0.0283. The smallest absolute Gasteiger partial charge is 0.247 e. The van der Waals surface area contributed by atoms with Gasteiger partial charge < -0.3 is 27.5 Å². The number of sulfone groups is 2. The number of hydrogen-bond acceptors (Lipinski definition) is 14. The number of methoxy groups -OCH3 is 2. The van der Waals surface area contributed by atoms with E-state index in [1.165, 1.54) is 12.4 Å². The molecule has 0 aliphatic heterocycles. The molecule has 4 heterocycles. The molecule has 0 bridgehead atoms. The first kappa shape index (κ1) is 64.6. The molecule has 0 aliphatic carbocycles. The van der Waals surface area contributed by atoms with Gasteiger partial charge in [-0.15, -0.1) is 0 Å². The second-order valence-electron chi connectivity index (χ2n) is 21.7. The zero-order valence-corrected chi connectivity index (χ0v) is 53.6. The molecule has 0 radical (unpaired) electrons. The topological polar surface area (TPSA) is 192 Å². The van der Waals surface area contributed by atoms with Crippen LogP contribution in [0.5, 0.6) is 0 Å². The van der Waals surface area contributed by atoms with E-state index in [0.717, 1.165) is 48.1 Å². The molecule has 16 nitrogen and oxygen atoms in total. The highest BCUT2D eigenvalue weighted by molar-refractivity contribution is 7.90. The highest BCUT2D eigenvalue weighted by Gasteiger charge is 2.46. The van der Waals surface area contributed by atoms with Gasteiger partial charge in [0.2, 0.25) is 30.0 Å². The highest BCUT2D eigenvalue weighted by Crippen LogP contribution is 2.44. The third-order valence-corrected chi connectivity index (χ3v) is 28.9. The Morgan fingerprint density at radius 1 is 0.487 bits per heavy atom. The summed E-state index contributed by atoms with van der Waals surface area (Å²) in [6, 6.07) is 18.2. The van der Waals surface area contributed by atoms with Crippen LogP contribution >= 0.6 is 23.2 Å². The van der Waals surface area contributed by atoms with Crippen LogP contribution in [0.1, 0.15) is 108 Å².